The zero-order chi connectivity index (χ0) is 14.1. The Kier molecular flexibility index (Phi) is 7.01. The Bertz CT molecular complexity index is 457. The van der Waals surface area contributed by atoms with Crippen molar-refractivity contribution in [2.24, 2.45) is 0 Å². The standard InChI is InChI=1S/C14H18N2O2S/c1-11(19-8-4-7-18-2)14(17)16-13-6-3-5-12(9-13)10-15/h3,5-6,9,11H,4,7-8H2,1-2H3,(H,16,17). The van der Waals surface area contributed by atoms with Gasteiger partial charge >= 0.3 is 0 Å². The number of nitrogens with one attached hydrogen (secondary N) is 1. The van der Waals surface area contributed by atoms with Gasteiger partial charge in [0.05, 0.1) is 16.9 Å². The van der Waals surface area contributed by atoms with E-state index in [1.807, 2.05) is 13.0 Å². The van der Waals surface area contributed by atoms with Gasteiger partial charge in [0, 0.05) is 19.4 Å². The molecule has 1 aromatic carbocycles. The number of anilines is 1. The molecule has 1 amide bonds. The number of rotatable bonds is 7. The minimum absolute atomic E-state index is 0.0440. The number of thioether (sulfide) groups is 1. The second-order valence-electron chi connectivity index (χ2n) is 4.04. The first-order chi connectivity index (χ1) is 9.17. The van der Waals surface area contributed by atoms with E-state index in [1.165, 1.54) is 0 Å². The highest BCUT2D eigenvalue weighted by molar-refractivity contribution is 8.00. The summed E-state index contributed by atoms with van der Waals surface area (Å²) in [5.74, 6) is 0.846. The number of ether oxygens (including phenoxy) is 1. The molecular formula is C14H18N2O2S. The fraction of sp³-hybridized carbons (Fsp3) is 0.429. The van der Waals surface area contributed by atoms with Crippen LogP contribution in [0.15, 0.2) is 24.3 Å². The number of hydrogen-bond acceptors (Lipinski definition) is 4. The van der Waals surface area contributed by atoms with E-state index in [0.717, 1.165) is 12.2 Å². The molecule has 4 nitrogen and oxygen atoms in total. The number of methoxy groups -OCH3 is 1. The number of nitrogens with zero attached hydrogens (tertiary/aromatic N) is 1. The lowest BCUT2D eigenvalue weighted by Crippen LogP contribution is -2.22. The van der Waals surface area contributed by atoms with Gasteiger partial charge in [0.25, 0.3) is 0 Å². The van der Waals surface area contributed by atoms with E-state index in [0.29, 0.717) is 17.9 Å². The van der Waals surface area contributed by atoms with Crippen molar-refractivity contribution in [1.29, 1.82) is 5.26 Å². The normalized spacial score (nSPS) is 11.6. The molecule has 0 radical (unpaired) electrons. The fourth-order valence-electron chi connectivity index (χ4n) is 1.45. The maximum absolute atomic E-state index is 11.9. The van der Waals surface area contributed by atoms with Crippen molar-refractivity contribution in [2.45, 2.75) is 18.6 Å². The van der Waals surface area contributed by atoms with Crippen molar-refractivity contribution in [3.05, 3.63) is 29.8 Å². The first-order valence-corrected chi connectivity index (χ1v) is 7.14. The van der Waals surface area contributed by atoms with Gasteiger partial charge < -0.3 is 10.1 Å². The van der Waals surface area contributed by atoms with Gasteiger partial charge in [-0.3, -0.25) is 4.79 Å². The maximum Gasteiger partial charge on any atom is 0.237 e. The predicted molar refractivity (Wildman–Crippen MR) is 78.2 cm³/mol. The molecule has 5 heteroatoms. The highest BCUT2D eigenvalue weighted by Gasteiger charge is 2.13. The minimum atomic E-state index is -0.123. The number of nitriles is 1. The zero-order valence-electron chi connectivity index (χ0n) is 11.2. The van der Waals surface area contributed by atoms with E-state index in [2.05, 4.69) is 5.32 Å². The van der Waals surface area contributed by atoms with E-state index in [9.17, 15) is 4.79 Å². The van der Waals surface area contributed by atoms with Crippen LogP contribution in [-0.4, -0.2) is 30.6 Å². The molecule has 0 aliphatic heterocycles. The first-order valence-electron chi connectivity index (χ1n) is 6.09. The summed E-state index contributed by atoms with van der Waals surface area (Å²) < 4.78 is 4.96. The molecule has 102 valence electrons. The Morgan fingerprint density at radius 1 is 1.58 bits per heavy atom. The molecule has 0 heterocycles. The SMILES string of the molecule is COCCCSC(C)C(=O)Nc1cccc(C#N)c1. The van der Waals surface area contributed by atoms with Crippen LogP contribution in [-0.2, 0) is 9.53 Å². The van der Waals surface area contributed by atoms with Gasteiger partial charge in [-0.1, -0.05) is 6.07 Å². The molecule has 1 atom stereocenters. The summed E-state index contributed by atoms with van der Waals surface area (Å²) >= 11 is 1.60. The van der Waals surface area contributed by atoms with Crippen LogP contribution in [0.1, 0.15) is 18.9 Å². The van der Waals surface area contributed by atoms with Crippen LogP contribution in [0.2, 0.25) is 0 Å². The van der Waals surface area contributed by atoms with Crippen molar-refractivity contribution >= 4 is 23.4 Å². The molecule has 0 fully saturated rings. The van der Waals surface area contributed by atoms with Crippen LogP contribution in [0.25, 0.3) is 0 Å². The largest absolute Gasteiger partial charge is 0.385 e. The number of carbonyl (C=O) groups is 1. The van der Waals surface area contributed by atoms with Crippen LogP contribution in [0.5, 0.6) is 0 Å². The topological polar surface area (TPSA) is 62.1 Å². The monoisotopic (exact) mass is 278 g/mol. The third-order valence-corrected chi connectivity index (χ3v) is 3.73. The maximum atomic E-state index is 11.9. The van der Waals surface area contributed by atoms with E-state index in [-0.39, 0.29) is 11.2 Å². The third-order valence-electron chi connectivity index (χ3n) is 2.49. The summed E-state index contributed by atoms with van der Waals surface area (Å²) in [4.78, 5) is 11.9. The van der Waals surface area contributed by atoms with Gasteiger partial charge in [-0.25, -0.2) is 0 Å². The second kappa shape index (κ2) is 8.57. The number of amides is 1. The molecule has 1 unspecified atom stereocenters. The van der Waals surface area contributed by atoms with Crippen LogP contribution in [0.4, 0.5) is 5.69 Å². The average molecular weight is 278 g/mol. The summed E-state index contributed by atoms with van der Waals surface area (Å²) in [7, 11) is 1.67. The molecule has 1 rings (SSSR count). The van der Waals surface area contributed by atoms with E-state index in [1.54, 1.807) is 43.1 Å². The smallest absolute Gasteiger partial charge is 0.237 e. The van der Waals surface area contributed by atoms with Crippen LogP contribution in [0.3, 0.4) is 0 Å². The number of hydrogen-bond donors (Lipinski definition) is 1. The van der Waals surface area contributed by atoms with Crippen LogP contribution < -0.4 is 5.32 Å². The van der Waals surface area contributed by atoms with Crippen molar-refractivity contribution in [3.8, 4) is 6.07 Å². The molecule has 0 bridgehead atoms. The van der Waals surface area contributed by atoms with E-state index < -0.39 is 0 Å². The summed E-state index contributed by atoms with van der Waals surface area (Å²) in [5.41, 5.74) is 1.20. The predicted octanol–water partition coefficient (Wildman–Crippen LogP) is 2.65. The van der Waals surface area contributed by atoms with Gasteiger partial charge in [0.15, 0.2) is 0 Å². The van der Waals surface area contributed by atoms with E-state index in [4.69, 9.17) is 10.00 Å². The average Bonchev–Trinajstić information content (AvgIpc) is 2.43. The Labute approximate surface area is 118 Å². The van der Waals surface area contributed by atoms with Crippen molar-refractivity contribution in [2.75, 3.05) is 24.8 Å². The Morgan fingerprint density at radius 3 is 3.05 bits per heavy atom. The lowest BCUT2D eigenvalue weighted by molar-refractivity contribution is -0.115. The highest BCUT2D eigenvalue weighted by atomic mass is 32.2. The number of carbonyl (C=O) groups excluding carboxylic acids is 1. The third kappa shape index (κ3) is 5.77. The zero-order valence-corrected chi connectivity index (χ0v) is 12.0. The van der Waals surface area contributed by atoms with Crippen LogP contribution >= 0.6 is 11.8 Å². The van der Waals surface area contributed by atoms with Gasteiger partial charge in [-0.05, 0) is 37.3 Å². The molecule has 1 N–H and O–H groups in total. The molecule has 0 saturated carbocycles. The summed E-state index contributed by atoms with van der Waals surface area (Å²) in [6, 6.07) is 8.95. The van der Waals surface area contributed by atoms with Crippen LogP contribution in [0, 0.1) is 11.3 Å². The quantitative estimate of drug-likeness (QED) is 0.779. The molecular weight excluding hydrogens is 260 g/mol. The molecule has 0 saturated heterocycles. The molecule has 0 aromatic heterocycles. The molecule has 19 heavy (non-hydrogen) atoms. The molecule has 0 aliphatic carbocycles. The highest BCUT2D eigenvalue weighted by Crippen LogP contribution is 2.15. The molecule has 0 aliphatic rings. The first kappa shape index (κ1) is 15.5. The van der Waals surface area contributed by atoms with Gasteiger partial charge in [0.2, 0.25) is 5.91 Å². The van der Waals surface area contributed by atoms with Gasteiger partial charge in [-0.2, -0.15) is 5.26 Å². The lowest BCUT2D eigenvalue weighted by atomic mass is 10.2. The summed E-state index contributed by atoms with van der Waals surface area (Å²) in [6.07, 6.45) is 0.933. The van der Waals surface area contributed by atoms with Crippen molar-refractivity contribution in [1.82, 2.24) is 0 Å². The van der Waals surface area contributed by atoms with Gasteiger partial charge in [-0.15, -0.1) is 11.8 Å². The Hall–Kier alpha value is -1.51. The second-order valence-corrected chi connectivity index (χ2v) is 5.49. The number of benzene rings is 1. The summed E-state index contributed by atoms with van der Waals surface area (Å²) in [6.45, 7) is 2.59. The van der Waals surface area contributed by atoms with Crippen molar-refractivity contribution < 1.29 is 9.53 Å². The molecule has 1 aromatic rings. The van der Waals surface area contributed by atoms with Crippen molar-refractivity contribution in [3.63, 3.8) is 0 Å². The Balaban J connectivity index is 2.43. The summed E-state index contributed by atoms with van der Waals surface area (Å²) in [5, 5.41) is 11.5. The minimum Gasteiger partial charge on any atom is -0.385 e. The lowest BCUT2D eigenvalue weighted by Gasteiger charge is -2.12. The Morgan fingerprint density at radius 2 is 2.37 bits per heavy atom. The molecule has 0 spiro atoms. The fourth-order valence-corrected chi connectivity index (χ4v) is 2.30. The van der Waals surface area contributed by atoms with Gasteiger partial charge in [0.1, 0.15) is 0 Å². The van der Waals surface area contributed by atoms with E-state index >= 15 is 0 Å².